The molecule has 19 heavy (non-hydrogen) atoms. The SMILES string of the molecule is NC(=O)c1ccc(C2NCCc3ccccc32)cc1. The highest BCUT2D eigenvalue weighted by molar-refractivity contribution is 5.92. The zero-order valence-electron chi connectivity index (χ0n) is 10.6. The minimum absolute atomic E-state index is 0.201. The third kappa shape index (κ3) is 2.25. The van der Waals surface area contributed by atoms with Crippen LogP contribution in [0.5, 0.6) is 0 Å². The molecule has 0 fully saturated rings. The van der Waals surface area contributed by atoms with E-state index >= 15 is 0 Å². The molecule has 1 heterocycles. The summed E-state index contributed by atoms with van der Waals surface area (Å²) in [6.07, 6.45) is 1.06. The Labute approximate surface area is 112 Å². The molecule has 3 rings (SSSR count). The number of nitrogens with one attached hydrogen (secondary N) is 1. The van der Waals surface area contributed by atoms with E-state index in [9.17, 15) is 4.79 Å². The molecule has 0 aliphatic carbocycles. The molecular weight excluding hydrogens is 236 g/mol. The average Bonchev–Trinajstić information content (AvgIpc) is 2.47. The Kier molecular flexibility index (Phi) is 3.05. The van der Waals surface area contributed by atoms with Crippen LogP contribution in [0.4, 0.5) is 0 Å². The number of benzene rings is 2. The van der Waals surface area contributed by atoms with Crippen molar-refractivity contribution in [1.82, 2.24) is 5.32 Å². The van der Waals surface area contributed by atoms with E-state index in [1.165, 1.54) is 11.1 Å². The van der Waals surface area contributed by atoms with Crippen molar-refractivity contribution in [3.8, 4) is 0 Å². The second-order valence-corrected chi connectivity index (χ2v) is 4.82. The van der Waals surface area contributed by atoms with E-state index in [0.29, 0.717) is 5.56 Å². The fourth-order valence-corrected chi connectivity index (χ4v) is 2.64. The summed E-state index contributed by atoms with van der Waals surface area (Å²) >= 11 is 0. The van der Waals surface area contributed by atoms with Crippen molar-refractivity contribution in [3.05, 3.63) is 70.8 Å². The monoisotopic (exact) mass is 252 g/mol. The van der Waals surface area contributed by atoms with E-state index in [-0.39, 0.29) is 11.9 Å². The number of carbonyl (C=O) groups is 1. The number of primary amides is 1. The lowest BCUT2D eigenvalue weighted by molar-refractivity contribution is 0.100. The van der Waals surface area contributed by atoms with E-state index < -0.39 is 0 Å². The van der Waals surface area contributed by atoms with Gasteiger partial charge in [0.1, 0.15) is 0 Å². The molecule has 0 aromatic heterocycles. The minimum atomic E-state index is -0.386. The molecular formula is C16H16N2O. The van der Waals surface area contributed by atoms with Gasteiger partial charge in [0.25, 0.3) is 0 Å². The Morgan fingerprint density at radius 3 is 2.58 bits per heavy atom. The smallest absolute Gasteiger partial charge is 0.248 e. The van der Waals surface area contributed by atoms with Crippen LogP contribution in [0.2, 0.25) is 0 Å². The molecule has 2 aromatic carbocycles. The summed E-state index contributed by atoms with van der Waals surface area (Å²) in [5, 5.41) is 3.52. The minimum Gasteiger partial charge on any atom is -0.366 e. The number of amides is 1. The van der Waals surface area contributed by atoms with Gasteiger partial charge in [0.15, 0.2) is 0 Å². The van der Waals surface area contributed by atoms with Crippen LogP contribution in [-0.2, 0) is 6.42 Å². The van der Waals surface area contributed by atoms with Gasteiger partial charge in [-0.2, -0.15) is 0 Å². The van der Waals surface area contributed by atoms with E-state index in [1.54, 1.807) is 12.1 Å². The van der Waals surface area contributed by atoms with Crippen molar-refractivity contribution in [2.45, 2.75) is 12.5 Å². The van der Waals surface area contributed by atoms with Gasteiger partial charge in [0.2, 0.25) is 5.91 Å². The molecule has 1 amide bonds. The Morgan fingerprint density at radius 1 is 1.11 bits per heavy atom. The van der Waals surface area contributed by atoms with Crippen LogP contribution < -0.4 is 11.1 Å². The lowest BCUT2D eigenvalue weighted by Gasteiger charge is -2.27. The maximum Gasteiger partial charge on any atom is 0.248 e. The predicted molar refractivity (Wildman–Crippen MR) is 75.0 cm³/mol. The van der Waals surface area contributed by atoms with Crippen LogP contribution in [-0.4, -0.2) is 12.5 Å². The summed E-state index contributed by atoms with van der Waals surface area (Å²) < 4.78 is 0. The Morgan fingerprint density at radius 2 is 1.84 bits per heavy atom. The summed E-state index contributed by atoms with van der Waals surface area (Å²) in [7, 11) is 0. The van der Waals surface area contributed by atoms with Crippen LogP contribution in [0.25, 0.3) is 0 Å². The summed E-state index contributed by atoms with van der Waals surface area (Å²) in [6, 6.07) is 16.2. The molecule has 3 nitrogen and oxygen atoms in total. The van der Waals surface area contributed by atoms with Gasteiger partial charge in [-0.15, -0.1) is 0 Å². The third-order valence-corrected chi connectivity index (χ3v) is 3.64. The zero-order valence-corrected chi connectivity index (χ0v) is 10.6. The van der Waals surface area contributed by atoms with Crippen LogP contribution in [0, 0.1) is 0 Å². The normalized spacial score (nSPS) is 17.8. The quantitative estimate of drug-likeness (QED) is 0.859. The first kappa shape index (κ1) is 11.9. The summed E-state index contributed by atoms with van der Waals surface area (Å²) in [5.74, 6) is -0.386. The molecule has 1 aliphatic rings. The zero-order chi connectivity index (χ0) is 13.2. The average molecular weight is 252 g/mol. The molecule has 0 saturated heterocycles. The summed E-state index contributed by atoms with van der Waals surface area (Å²) in [5.41, 5.74) is 9.69. The Hall–Kier alpha value is -2.13. The molecule has 1 unspecified atom stereocenters. The number of rotatable bonds is 2. The largest absolute Gasteiger partial charge is 0.366 e. The third-order valence-electron chi connectivity index (χ3n) is 3.64. The number of fused-ring (bicyclic) bond motifs is 1. The van der Waals surface area contributed by atoms with Crippen molar-refractivity contribution >= 4 is 5.91 Å². The Bertz CT molecular complexity index is 604. The highest BCUT2D eigenvalue weighted by Crippen LogP contribution is 2.28. The van der Waals surface area contributed by atoms with Crippen LogP contribution in [0.15, 0.2) is 48.5 Å². The molecule has 1 atom stereocenters. The van der Waals surface area contributed by atoms with E-state index in [0.717, 1.165) is 18.5 Å². The number of hydrogen-bond acceptors (Lipinski definition) is 2. The lowest BCUT2D eigenvalue weighted by atomic mass is 9.89. The number of carbonyl (C=O) groups excluding carboxylic acids is 1. The van der Waals surface area contributed by atoms with Crippen LogP contribution in [0.1, 0.15) is 33.1 Å². The van der Waals surface area contributed by atoms with Gasteiger partial charge in [-0.05, 0) is 35.2 Å². The van der Waals surface area contributed by atoms with Crippen LogP contribution in [0.3, 0.4) is 0 Å². The first-order valence-electron chi connectivity index (χ1n) is 6.46. The first-order valence-corrected chi connectivity index (χ1v) is 6.46. The van der Waals surface area contributed by atoms with Crippen LogP contribution >= 0.6 is 0 Å². The van der Waals surface area contributed by atoms with E-state index in [2.05, 4.69) is 29.6 Å². The number of nitrogens with two attached hydrogens (primary N) is 1. The van der Waals surface area contributed by atoms with Gasteiger partial charge in [-0.3, -0.25) is 4.79 Å². The van der Waals surface area contributed by atoms with Gasteiger partial charge in [0.05, 0.1) is 6.04 Å². The molecule has 0 saturated carbocycles. The highest BCUT2D eigenvalue weighted by atomic mass is 16.1. The predicted octanol–water partition coefficient (Wildman–Crippen LogP) is 2.02. The van der Waals surface area contributed by atoms with Crippen molar-refractivity contribution in [3.63, 3.8) is 0 Å². The molecule has 3 heteroatoms. The van der Waals surface area contributed by atoms with Gasteiger partial charge in [-0.25, -0.2) is 0 Å². The molecule has 1 aliphatic heterocycles. The topological polar surface area (TPSA) is 55.1 Å². The van der Waals surface area contributed by atoms with Gasteiger partial charge in [-0.1, -0.05) is 36.4 Å². The molecule has 0 spiro atoms. The second-order valence-electron chi connectivity index (χ2n) is 4.82. The molecule has 96 valence electrons. The maximum atomic E-state index is 11.1. The summed E-state index contributed by atoms with van der Waals surface area (Å²) in [6.45, 7) is 0.971. The highest BCUT2D eigenvalue weighted by Gasteiger charge is 2.20. The van der Waals surface area contributed by atoms with Crippen molar-refractivity contribution in [2.75, 3.05) is 6.54 Å². The molecule has 2 aromatic rings. The first-order chi connectivity index (χ1) is 9.25. The van der Waals surface area contributed by atoms with E-state index in [1.807, 2.05) is 12.1 Å². The van der Waals surface area contributed by atoms with Crippen molar-refractivity contribution in [1.29, 1.82) is 0 Å². The lowest BCUT2D eigenvalue weighted by Crippen LogP contribution is -2.30. The Balaban J connectivity index is 1.97. The fourth-order valence-electron chi connectivity index (χ4n) is 2.64. The molecule has 0 radical (unpaired) electrons. The standard InChI is InChI=1S/C16H16N2O/c17-16(19)13-7-5-12(6-8-13)15-14-4-2-1-3-11(14)9-10-18-15/h1-8,15,18H,9-10H2,(H2,17,19). The van der Waals surface area contributed by atoms with Crippen molar-refractivity contribution < 1.29 is 4.79 Å². The van der Waals surface area contributed by atoms with E-state index in [4.69, 9.17) is 5.73 Å². The summed E-state index contributed by atoms with van der Waals surface area (Å²) in [4.78, 5) is 11.1. The van der Waals surface area contributed by atoms with Gasteiger partial charge in [0, 0.05) is 12.1 Å². The molecule has 0 bridgehead atoms. The van der Waals surface area contributed by atoms with Gasteiger partial charge >= 0.3 is 0 Å². The van der Waals surface area contributed by atoms with Gasteiger partial charge < -0.3 is 11.1 Å². The second kappa shape index (κ2) is 4.86. The molecule has 3 N–H and O–H groups in total. The fraction of sp³-hybridized carbons (Fsp3) is 0.188. The maximum absolute atomic E-state index is 11.1. The number of hydrogen-bond donors (Lipinski definition) is 2. The van der Waals surface area contributed by atoms with Crippen molar-refractivity contribution in [2.24, 2.45) is 5.73 Å².